The van der Waals surface area contributed by atoms with Gasteiger partial charge in [0.25, 0.3) is 10.0 Å². The van der Waals surface area contributed by atoms with Crippen molar-refractivity contribution >= 4 is 15.7 Å². The van der Waals surface area contributed by atoms with E-state index in [4.69, 9.17) is 0 Å². The van der Waals surface area contributed by atoms with Crippen LogP contribution in [0.5, 0.6) is 0 Å². The molecule has 0 spiro atoms. The van der Waals surface area contributed by atoms with Crippen LogP contribution in [-0.2, 0) is 16.4 Å². The van der Waals surface area contributed by atoms with Gasteiger partial charge in [0.1, 0.15) is 0 Å². The number of hydrogen-bond acceptors (Lipinski definition) is 2. The van der Waals surface area contributed by atoms with Crippen molar-refractivity contribution in [1.29, 1.82) is 0 Å². The second kappa shape index (κ2) is 3.85. The molecule has 18 heavy (non-hydrogen) atoms. The first-order valence-electron chi connectivity index (χ1n) is 5.77. The zero-order chi connectivity index (χ0) is 12.8. The molecule has 0 aromatic heterocycles. The summed E-state index contributed by atoms with van der Waals surface area (Å²) in [7, 11) is -3.46. The van der Waals surface area contributed by atoms with Gasteiger partial charge in [-0.15, -0.1) is 0 Å². The smallest absolute Gasteiger partial charge is 0.262 e. The normalized spacial score (nSPS) is 16.1. The second-order valence-corrected chi connectivity index (χ2v) is 6.14. The van der Waals surface area contributed by atoms with Crippen molar-refractivity contribution in [3.05, 3.63) is 59.2 Å². The Kier molecular flexibility index (Phi) is 2.41. The molecule has 1 N–H and O–H groups in total. The predicted molar refractivity (Wildman–Crippen MR) is 71.2 cm³/mol. The summed E-state index contributed by atoms with van der Waals surface area (Å²) in [5.41, 5.74) is 3.58. The summed E-state index contributed by atoms with van der Waals surface area (Å²) in [6.45, 7) is 1.95. The van der Waals surface area contributed by atoms with Crippen molar-refractivity contribution in [2.24, 2.45) is 0 Å². The van der Waals surface area contributed by atoms with E-state index in [2.05, 4.69) is 4.72 Å². The lowest BCUT2D eigenvalue weighted by Crippen LogP contribution is -2.13. The van der Waals surface area contributed by atoms with Crippen LogP contribution in [0.3, 0.4) is 0 Å². The molecule has 0 atom stereocenters. The number of nitrogens with one attached hydrogen (secondary N) is 1. The van der Waals surface area contributed by atoms with E-state index >= 15 is 0 Å². The topological polar surface area (TPSA) is 46.2 Å². The summed E-state index contributed by atoms with van der Waals surface area (Å²) in [6.07, 6.45) is 0.643. The Hall–Kier alpha value is -1.81. The number of hydrogen-bond donors (Lipinski definition) is 1. The Balaban J connectivity index is 2.32. The fourth-order valence-corrected chi connectivity index (χ4v) is 3.73. The Bertz CT molecular complexity index is 720. The van der Waals surface area contributed by atoms with Gasteiger partial charge in [-0.3, -0.25) is 4.72 Å². The molecule has 2 aromatic carbocycles. The van der Waals surface area contributed by atoms with Gasteiger partial charge < -0.3 is 0 Å². The predicted octanol–water partition coefficient (Wildman–Crippen LogP) is 2.70. The molecule has 3 rings (SSSR count). The largest absolute Gasteiger partial charge is 0.279 e. The quantitative estimate of drug-likeness (QED) is 0.790. The Morgan fingerprint density at radius 3 is 2.67 bits per heavy atom. The van der Waals surface area contributed by atoms with E-state index in [-0.39, 0.29) is 0 Å². The lowest BCUT2D eigenvalue weighted by Gasteiger charge is -2.08. The Morgan fingerprint density at radius 2 is 1.83 bits per heavy atom. The summed E-state index contributed by atoms with van der Waals surface area (Å²) < 4.78 is 27.2. The highest BCUT2D eigenvalue weighted by Gasteiger charge is 2.24. The average molecular weight is 259 g/mol. The number of benzene rings is 2. The maximum absolute atomic E-state index is 12.3. The van der Waals surface area contributed by atoms with Crippen molar-refractivity contribution in [1.82, 2.24) is 0 Å². The van der Waals surface area contributed by atoms with Crippen molar-refractivity contribution in [2.45, 2.75) is 18.2 Å². The third kappa shape index (κ3) is 1.69. The van der Waals surface area contributed by atoms with Crippen LogP contribution in [0.2, 0.25) is 0 Å². The molecule has 2 aromatic rings. The highest BCUT2D eigenvalue weighted by atomic mass is 32.2. The molecule has 0 aliphatic carbocycles. The summed E-state index contributed by atoms with van der Waals surface area (Å²) >= 11 is 0. The van der Waals surface area contributed by atoms with Gasteiger partial charge in [-0.2, -0.15) is 0 Å². The van der Waals surface area contributed by atoms with E-state index in [1.54, 1.807) is 18.2 Å². The number of para-hydroxylation sites is 1. The molecule has 0 radical (unpaired) electrons. The van der Waals surface area contributed by atoms with Crippen LogP contribution >= 0.6 is 0 Å². The minimum absolute atomic E-state index is 0.388. The Labute approximate surface area is 107 Å². The van der Waals surface area contributed by atoms with Crippen LogP contribution in [0, 0.1) is 6.92 Å². The van der Waals surface area contributed by atoms with Crippen molar-refractivity contribution in [3.8, 4) is 0 Å². The highest BCUT2D eigenvalue weighted by Crippen LogP contribution is 2.31. The number of rotatable bonds is 0. The lowest BCUT2D eigenvalue weighted by molar-refractivity contribution is 0.600. The summed E-state index contributed by atoms with van der Waals surface area (Å²) in [6, 6.07) is 12.9. The molecule has 0 unspecified atom stereocenters. The fourth-order valence-electron chi connectivity index (χ4n) is 2.32. The number of fused-ring (bicyclic) bond motifs is 2. The van der Waals surface area contributed by atoms with E-state index in [9.17, 15) is 8.42 Å². The molecule has 0 saturated heterocycles. The molecular formula is C14H13NO2S. The van der Waals surface area contributed by atoms with Crippen molar-refractivity contribution in [2.75, 3.05) is 4.72 Å². The molecule has 3 nitrogen and oxygen atoms in total. The van der Waals surface area contributed by atoms with E-state index < -0.39 is 10.0 Å². The zero-order valence-electron chi connectivity index (χ0n) is 9.97. The first-order valence-corrected chi connectivity index (χ1v) is 7.25. The van der Waals surface area contributed by atoms with Gasteiger partial charge >= 0.3 is 0 Å². The molecule has 1 aliphatic rings. The maximum Gasteiger partial charge on any atom is 0.262 e. The number of anilines is 1. The molecule has 1 aliphatic heterocycles. The number of aryl methyl sites for hydroxylation is 1. The SMILES string of the molecule is Cc1cccc2c1Cc1ccccc1NS2(=O)=O. The fraction of sp³-hybridized carbons (Fsp3) is 0.143. The van der Waals surface area contributed by atoms with E-state index in [0.717, 1.165) is 16.7 Å². The van der Waals surface area contributed by atoms with Crippen LogP contribution in [-0.4, -0.2) is 8.42 Å². The molecule has 0 amide bonds. The maximum atomic E-state index is 12.3. The minimum Gasteiger partial charge on any atom is -0.279 e. The van der Waals surface area contributed by atoms with Gasteiger partial charge in [0.15, 0.2) is 0 Å². The van der Waals surface area contributed by atoms with Crippen molar-refractivity contribution < 1.29 is 8.42 Å². The van der Waals surface area contributed by atoms with Crippen LogP contribution in [0.1, 0.15) is 16.7 Å². The molecule has 92 valence electrons. The van der Waals surface area contributed by atoms with Crippen LogP contribution in [0.4, 0.5) is 5.69 Å². The van der Waals surface area contributed by atoms with E-state index in [0.29, 0.717) is 17.0 Å². The van der Waals surface area contributed by atoms with Crippen LogP contribution in [0.15, 0.2) is 47.4 Å². The lowest BCUT2D eigenvalue weighted by atomic mass is 9.99. The summed E-state index contributed by atoms with van der Waals surface area (Å²) in [5.74, 6) is 0. The monoisotopic (exact) mass is 259 g/mol. The van der Waals surface area contributed by atoms with Gasteiger partial charge in [-0.05, 0) is 35.7 Å². The minimum atomic E-state index is -3.46. The molecule has 0 bridgehead atoms. The second-order valence-electron chi connectivity index (χ2n) is 4.49. The number of sulfonamides is 1. The van der Waals surface area contributed by atoms with Gasteiger partial charge in [-0.25, -0.2) is 8.42 Å². The first kappa shape index (κ1) is 11.3. The van der Waals surface area contributed by atoms with Crippen LogP contribution < -0.4 is 4.72 Å². The van der Waals surface area contributed by atoms with E-state index in [1.165, 1.54) is 0 Å². The standard InChI is InChI=1S/C14H13NO2S/c1-10-5-4-8-14-12(10)9-11-6-2-3-7-13(11)15-18(14,16)17/h2-8,15H,9H2,1H3. The third-order valence-corrected chi connectivity index (χ3v) is 4.74. The highest BCUT2D eigenvalue weighted by molar-refractivity contribution is 7.92. The van der Waals surface area contributed by atoms with Crippen molar-refractivity contribution in [3.63, 3.8) is 0 Å². The van der Waals surface area contributed by atoms with Gasteiger partial charge in [0.05, 0.1) is 10.6 Å². The zero-order valence-corrected chi connectivity index (χ0v) is 10.8. The molecule has 0 saturated carbocycles. The van der Waals surface area contributed by atoms with E-state index in [1.807, 2.05) is 31.2 Å². The first-order chi connectivity index (χ1) is 8.58. The molecule has 0 fully saturated rings. The van der Waals surface area contributed by atoms with Gasteiger partial charge in [-0.1, -0.05) is 30.3 Å². The summed E-state index contributed by atoms with van der Waals surface area (Å²) in [5, 5.41) is 0. The van der Waals surface area contributed by atoms with Crippen LogP contribution in [0.25, 0.3) is 0 Å². The Morgan fingerprint density at radius 1 is 1.06 bits per heavy atom. The molecular weight excluding hydrogens is 246 g/mol. The molecule has 4 heteroatoms. The van der Waals surface area contributed by atoms with Gasteiger partial charge in [0.2, 0.25) is 0 Å². The summed E-state index contributed by atoms with van der Waals surface area (Å²) in [4.78, 5) is 0.388. The third-order valence-electron chi connectivity index (χ3n) is 3.29. The van der Waals surface area contributed by atoms with Gasteiger partial charge in [0, 0.05) is 6.42 Å². The average Bonchev–Trinajstić information content (AvgIpc) is 2.44. The molecule has 1 heterocycles.